The quantitative estimate of drug-likeness (QED) is 0.848. The summed E-state index contributed by atoms with van der Waals surface area (Å²) in [4.78, 5) is 14.0. The second-order valence-corrected chi connectivity index (χ2v) is 7.58. The van der Waals surface area contributed by atoms with Crippen LogP contribution in [0.3, 0.4) is 0 Å². The third kappa shape index (κ3) is 6.97. The average Bonchev–Trinajstić information content (AvgIpc) is 2.93. The Bertz CT molecular complexity index is 528. The zero-order valence-corrected chi connectivity index (χ0v) is 15.4. The van der Waals surface area contributed by atoms with Crippen molar-refractivity contribution in [3.63, 3.8) is 0 Å². The van der Waals surface area contributed by atoms with Gasteiger partial charge in [0.1, 0.15) is 18.0 Å². The largest absolute Gasteiger partial charge is 0.492 e. The fraction of sp³-hybridized carbons (Fsp3) is 0.611. The van der Waals surface area contributed by atoms with Gasteiger partial charge in [0.2, 0.25) is 0 Å². The number of carbonyl (C=O) groups excluding carboxylic acids is 1. The fourth-order valence-corrected chi connectivity index (χ4v) is 2.77. The lowest BCUT2D eigenvalue weighted by Gasteiger charge is -2.21. The molecule has 1 aromatic carbocycles. The van der Waals surface area contributed by atoms with E-state index in [0.717, 1.165) is 31.8 Å². The summed E-state index contributed by atoms with van der Waals surface area (Å²) in [6.45, 7) is 9.78. The molecule has 5 nitrogen and oxygen atoms in total. The van der Waals surface area contributed by atoms with Crippen LogP contribution in [0.5, 0.6) is 5.75 Å². The zero-order chi connectivity index (χ0) is 17.6. The Morgan fingerprint density at radius 3 is 2.71 bits per heavy atom. The maximum absolute atomic E-state index is 11.7. The van der Waals surface area contributed by atoms with Crippen LogP contribution in [0.1, 0.15) is 27.2 Å². The van der Waals surface area contributed by atoms with E-state index in [1.807, 2.05) is 45.0 Å². The second kappa shape index (κ2) is 8.58. The highest BCUT2D eigenvalue weighted by Gasteiger charge is 2.23. The van der Waals surface area contributed by atoms with Gasteiger partial charge < -0.3 is 14.8 Å². The number of nitrogens with one attached hydrogen (secondary N) is 1. The zero-order valence-electron chi connectivity index (χ0n) is 14.7. The van der Waals surface area contributed by atoms with Crippen molar-refractivity contribution in [3.05, 3.63) is 29.3 Å². The van der Waals surface area contributed by atoms with Crippen molar-refractivity contribution >= 4 is 17.7 Å². The first-order valence-corrected chi connectivity index (χ1v) is 8.77. The number of benzene rings is 1. The first-order valence-electron chi connectivity index (χ1n) is 8.39. The first kappa shape index (κ1) is 18.9. The van der Waals surface area contributed by atoms with Crippen molar-refractivity contribution in [2.24, 2.45) is 5.92 Å². The molecule has 24 heavy (non-hydrogen) atoms. The Morgan fingerprint density at radius 1 is 1.33 bits per heavy atom. The molecule has 1 unspecified atom stereocenters. The van der Waals surface area contributed by atoms with Gasteiger partial charge in [0, 0.05) is 24.7 Å². The third-order valence-corrected chi connectivity index (χ3v) is 4.05. The SMILES string of the molecule is CC(C)(C)OC(=O)NCC1CCN(CCOc2ccc(Cl)cc2)C1. The van der Waals surface area contributed by atoms with Crippen molar-refractivity contribution < 1.29 is 14.3 Å². The van der Waals surface area contributed by atoms with E-state index >= 15 is 0 Å². The van der Waals surface area contributed by atoms with Crippen molar-refractivity contribution in [3.8, 4) is 5.75 Å². The molecule has 0 saturated carbocycles. The van der Waals surface area contributed by atoms with E-state index in [-0.39, 0.29) is 6.09 Å². The number of halogens is 1. The highest BCUT2D eigenvalue weighted by atomic mass is 35.5. The lowest BCUT2D eigenvalue weighted by molar-refractivity contribution is 0.0519. The lowest BCUT2D eigenvalue weighted by Crippen LogP contribution is -2.36. The monoisotopic (exact) mass is 354 g/mol. The molecule has 134 valence electrons. The number of hydrogen-bond acceptors (Lipinski definition) is 4. The molecule has 1 saturated heterocycles. The number of likely N-dealkylation sites (tertiary alicyclic amines) is 1. The Kier molecular flexibility index (Phi) is 6.75. The van der Waals surface area contributed by atoms with Crippen LogP contribution in [-0.2, 0) is 4.74 Å². The summed E-state index contributed by atoms with van der Waals surface area (Å²) in [6.07, 6.45) is 0.739. The normalized spacial score (nSPS) is 18.4. The number of ether oxygens (including phenoxy) is 2. The Hall–Kier alpha value is -1.46. The minimum atomic E-state index is -0.454. The van der Waals surface area contributed by atoms with E-state index in [2.05, 4.69) is 10.2 Å². The molecule has 1 aromatic rings. The molecule has 1 aliphatic rings. The summed E-state index contributed by atoms with van der Waals surface area (Å²) in [5, 5.41) is 3.57. The minimum Gasteiger partial charge on any atom is -0.492 e. The number of rotatable bonds is 6. The number of hydrogen-bond donors (Lipinski definition) is 1. The van der Waals surface area contributed by atoms with Crippen LogP contribution in [0.4, 0.5) is 4.79 Å². The molecule has 1 atom stereocenters. The molecule has 0 spiro atoms. The van der Waals surface area contributed by atoms with E-state index in [4.69, 9.17) is 21.1 Å². The molecule has 0 aromatic heterocycles. The van der Waals surface area contributed by atoms with Crippen molar-refractivity contribution in [2.45, 2.75) is 32.8 Å². The Morgan fingerprint density at radius 2 is 2.04 bits per heavy atom. The van der Waals surface area contributed by atoms with Crippen LogP contribution >= 0.6 is 11.6 Å². The van der Waals surface area contributed by atoms with E-state index in [1.165, 1.54) is 0 Å². The maximum atomic E-state index is 11.7. The summed E-state index contributed by atoms with van der Waals surface area (Å²) in [7, 11) is 0. The molecule has 6 heteroatoms. The van der Waals surface area contributed by atoms with Gasteiger partial charge in [0.05, 0.1) is 0 Å². The van der Waals surface area contributed by atoms with Crippen LogP contribution in [0.2, 0.25) is 5.02 Å². The van der Waals surface area contributed by atoms with Gasteiger partial charge in [0.25, 0.3) is 0 Å². The molecule has 1 amide bonds. The Balaban J connectivity index is 1.61. The molecular weight excluding hydrogens is 328 g/mol. The van der Waals surface area contributed by atoms with Crippen LogP contribution < -0.4 is 10.1 Å². The van der Waals surface area contributed by atoms with Gasteiger partial charge >= 0.3 is 6.09 Å². The van der Waals surface area contributed by atoms with Crippen LogP contribution in [0.15, 0.2) is 24.3 Å². The van der Waals surface area contributed by atoms with E-state index in [9.17, 15) is 4.79 Å². The lowest BCUT2D eigenvalue weighted by atomic mass is 10.1. The van der Waals surface area contributed by atoms with Crippen molar-refractivity contribution in [1.82, 2.24) is 10.2 Å². The second-order valence-electron chi connectivity index (χ2n) is 7.14. The molecule has 1 heterocycles. The summed E-state index contributed by atoms with van der Waals surface area (Å²) in [5.41, 5.74) is -0.454. The first-order chi connectivity index (χ1) is 11.3. The van der Waals surface area contributed by atoms with Crippen molar-refractivity contribution in [2.75, 3.05) is 32.8 Å². The molecule has 0 radical (unpaired) electrons. The number of amides is 1. The molecule has 0 aliphatic carbocycles. The van der Waals surface area contributed by atoms with Gasteiger partial charge in [-0.25, -0.2) is 4.79 Å². The van der Waals surface area contributed by atoms with E-state index in [0.29, 0.717) is 24.1 Å². The molecule has 1 N–H and O–H groups in total. The van der Waals surface area contributed by atoms with Gasteiger partial charge in [-0.3, -0.25) is 4.90 Å². The molecule has 0 bridgehead atoms. The smallest absolute Gasteiger partial charge is 0.407 e. The number of alkyl carbamates (subject to hydrolysis) is 1. The standard InChI is InChI=1S/C18H27ClN2O3/c1-18(2,3)24-17(22)20-12-14-8-9-21(13-14)10-11-23-16-6-4-15(19)5-7-16/h4-7,14H,8-13H2,1-3H3,(H,20,22). The molecular formula is C18H27ClN2O3. The Labute approximate surface area is 149 Å². The van der Waals surface area contributed by atoms with E-state index in [1.54, 1.807) is 0 Å². The summed E-state index contributed by atoms with van der Waals surface area (Å²) in [6, 6.07) is 7.40. The molecule has 1 aliphatic heterocycles. The van der Waals surface area contributed by atoms with Gasteiger partial charge in [-0.2, -0.15) is 0 Å². The van der Waals surface area contributed by atoms with Gasteiger partial charge in [-0.1, -0.05) is 11.6 Å². The van der Waals surface area contributed by atoms with E-state index < -0.39 is 5.60 Å². The number of nitrogens with zero attached hydrogens (tertiary/aromatic N) is 1. The van der Waals surface area contributed by atoms with Gasteiger partial charge in [0.15, 0.2) is 0 Å². The highest BCUT2D eigenvalue weighted by Crippen LogP contribution is 2.17. The summed E-state index contributed by atoms with van der Waals surface area (Å²) < 4.78 is 11.0. The van der Waals surface area contributed by atoms with Gasteiger partial charge in [-0.15, -0.1) is 0 Å². The molecule has 1 fully saturated rings. The molecule has 2 rings (SSSR count). The van der Waals surface area contributed by atoms with Crippen molar-refractivity contribution in [1.29, 1.82) is 0 Å². The van der Waals surface area contributed by atoms with Crippen LogP contribution in [0.25, 0.3) is 0 Å². The summed E-state index contributed by atoms with van der Waals surface area (Å²) >= 11 is 5.85. The fourth-order valence-electron chi connectivity index (χ4n) is 2.65. The van der Waals surface area contributed by atoms with Crippen LogP contribution in [0, 0.1) is 5.92 Å². The minimum absolute atomic E-state index is 0.341. The topological polar surface area (TPSA) is 50.8 Å². The van der Waals surface area contributed by atoms with Crippen LogP contribution in [-0.4, -0.2) is 49.4 Å². The summed E-state index contributed by atoms with van der Waals surface area (Å²) in [5.74, 6) is 1.30. The average molecular weight is 355 g/mol. The maximum Gasteiger partial charge on any atom is 0.407 e. The third-order valence-electron chi connectivity index (χ3n) is 3.79. The number of carbonyl (C=O) groups is 1. The predicted molar refractivity (Wildman–Crippen MR) is 95.7 cm³/mol. The predicted octanol–water partition coefficient (Wildman–Crippen LogP) is 3.57. The van der Waals surface area contributed by atoms with Gasteiger partial charge in [-0.05, 0) is 63.9 Å². The highest BCUT2D eigenvalue weighted by molar-refractivity contribution is 6.30.